The van der Waals surface area contributed by atoms with Crippen molar-refractivity contribution in [2.45, 2.75) is 45.8 Å². The van der Waals surface area contributed by atoms with Gasteiger partial charge in [-0.05, 0) is 36.2 Å². The fraction of sp³-hybridized carbons (Fsp3) is 0.667. The Bertz CT molecular complexity index is 388. The van der Waals surface area contributed by atoms with Crippen molar-refractivity contribution in [2.24, 2.45) is 0 Å². The lowest BCUT2D eigenvalue weighted by atomic mass is 10.1. The molecule has 0 radical (unpaired) electrons. The predicted molar refractivity (Wildman–Crippen MR) is 70.3 cm³/mol. The summed E-state index contributed by atoms with van der Waals surface area (Å²) in [6.07, 6.45) is 2.92. The molecule has 1 unspecified atom stereocenters. The van der Waals surface area contributed by atoms with E-state index in [1.807, 2.05) is 20.8 Å². The first-order valence-electron chi connectivity index (χ1n) is 5.82. The van der Waals surface area contributed by atoms with Gasteiger partial charge in [0.05, 0.1) is 10.7 Å². The summed E-state index contributed by atoms with van der Waals surface area (Å²) in [5.74, 6) is -0.00701. The Morgan fingerprint density at radius 2 is 2.24 bits per heavy atom. The average Bonchev–Trinajstić information content (AvgIpc) is 2.67. The van der Waals surface area contributed by atoms with E-state index in [0.717, 1.165) is 17.3 Å². The molecule has 0 saturated carbocycles. The third-order valence-electron chi connectivity index (χ3n) is 2.60. The molecule has 0 amide bonds. The second-order valence-corrected chi connectivity index (χ2v) is 5.11. The zero-order valence-corrected chi connectivity index (χ0v) is 12.3. The largest absolute Gasteiger partial charge is 0.373 e. The number of halogens is 1. The number of ketones is 1. The summed E-state index contributed by atoms with van der Waals surface area (Å²) in [6, 6.07) is 0.152. The van der Waals surface area contributed by atoms with Crippen LogP contribution in [0, 0.1) is 0 Å². The van der Waals surface area contributed by atoms with Crippen LogP contribution in [0.15, 0.2) is 10.7 Å². The van der Waals surface area contributed by atoms with Crippen molar-refractivity contribution in [3.05, 3.63) is 16.4 Å². The number of aromatic nitrogens is 2. The highest BCUT2D eigenvalue weighted by molar-refractivity contribution is 9.10. The van der Waals surface area contributed by atoms with E-state index >= 15 is 0 Å². The molecule has 1 atom stereocenters. The SMILES string of the molecule is CCCC(OC)C(=O)c1c(Br)cnn1C(C)C. The number of carbonyl (C=O) groups excluding carboxylic acids is 1. The quantitative estimate of drug-likeness (QED) is 0.758. The Balaban J connectivity index is 3.05. The van der Waals surface area contributed by atoms with Gasteiger partial charge >= 0.3 is 0 Å². The third-order valence-corrected chi connectivity index (χ3v) is 3.18. The fourth-order valence-electron chi connectivity index (χ4n) is 1.73. The summed E-state index contributed by atoms with van der Waals surface area (Å²) in [4.78, 5) is 12.4. The van der Waals surface area contributed by atoms with Gasteiger partial charge in [0, 0.05) is 13.2 Å². The Labute approximate surface area is 110 Å². The van der Waals surface area contributed by atoms with Gasteiger partial charge in [0.25, 0.3) is 0 Å². The Morgan fingerprint density at radius 1 is 1.59 bits per heavy atom. The topological polar surface area (TPSA) is 44.1 Å². The minimum absolute atomic E-state index is 0.00701. The van der Waals surface area contributed by atoms with Crippen molar-refractivity contribution >= 4 is 21.7 Å². The molecule has 0 aliphatic heterocycles. The normalized spacial score (nSPS) is 13.1. The Hall–Kier alpha value is -0.680. The van der Waals surface area contributed by atoms with Crippen LogP contribution in [0.4, 0.5) is 0 Å². The van der Waals surface area contributed by atoms with Gasteiger partial charge in [0.2, 0.25) is 5.78 Å². The lowest BCUT2D eigenvalue weighted by Crippen LogP contribution is -2.26. The summed E-state index contributed by atoms with van der Waals surface area (Å²) < 4.78 is 7.72. The molecule has 0 aliphatic rings. The molecule has 17 heavy (non-hydrogen) atoms. The molecule has 1 aromatic heterocycles. The number of hydrogen-bond donors (Lipinski definition) is 0. The third kappa shape index (κ3) is 3.16. The molecule has 5 heteroatoms. The van der Waals surface area contributed by atoms with Gasteiger partial charge in [0.1, 0.15) is 11.8 Å². The van der Waals surface area contributed by atoms with Crippen molar-refractivity contribution in [3.8, 4) is 0 Å². The highest BCUT2D eigenvalue weighted by Gasteiger charge is 2.25. The van der Waals surface area contributed by atoms with Crippen LogP contribution >= 0.6 is 15.9 Å². The smallest absolute Gasteiger partial charge is 0.210 e. The molecule has 1 rings (SSSR count). The lowest BCUT2D eigenvalue weighted by molar-refractivity contribution is 0.0565. The molecular weight excluding hydrogens is 284 g/mol. The zero-order chi connectivity index (χ0) is 13.0. The molecule has 96 valence electrons. The molecule has 0 aliphatic carbocycles. The van der Waals surface area contributed by atoms with E-state index in [4.69, 9.17) is 4.74 Å². The number of Topliss-reactive ketones (excluding diaryl/α,β-unsaturated/α-hetero) is 1. The zero-order valence-electron chi connectivity index (χ0n) is 10.7. The molecule has 4 nitrogen and oxygen atoms in total. The monoisotopic (exact) mass is 302 g/mol. The van der Waals surface area contributed by atoms with Crippen LogP contribution in [0.5, 0.6) is 0 Å². The van der Waals surface area contributed by atoms with Crippen molar-refractivity contribution in [1.29, 1.82) is 0 Å². The van der Waals surface area contributed by atoms with Gasteiger partial charge in [-0.25, -0.2) is 0 Å². The van der Waals surface area contributed by atoms with Crippen LogP contribution in [-0.4, -0.2) is 28.8 Å². The van der Waals surface area contributed by atoms with E-state index in [1.54, 1.807) is 18.0 Å². The van der Waals surface area contributed by atoms with E-state index in [1.165, 1.54) is 0 Å². The first-order chi connectivity index (χ1) is 8.02. The van der Waals surface area contributed by atoms with Gasteiger partial charge in [-0.15, -0.1) is 0 Å². The number of ether oxygens (including phenoxy) is 1. The molecule has 0 fully saturated rings. The predicted octanol–water partition coefficient (Wildman–Crippen LogP) is 3.22. The maximum atomic E-state index is 12.4. The van der Waals surface area contributed by atoms with Gasteiger partial charge in [-0.1, -0.05) is 13.3 Å². The lowest BCUT2D eigenvalue weighted by Gasteiger charge is -2.16. The highest BCUT2D eigenvalue weighted by atomic mass is 79.9. The molecule has 1 aromatic rings. The summed E-state index contributed by atoms with van der Waals surface area (Å²) in [5.41, 5.74) is 0.598. The second-order valence-electron chi connectivity index (χ2n) is 4.26. The minimum Gasteiger partial charge on any atom is -0.373 e. The summed E-state index contributed by atoms with van der Waals surface area (Å²) in [6.45, 7) is 6.03. The van der Waals surface area contributed by atoms with Gasteiger partial charge in [0.15, 0.2) is 0 Å². The van der Waals surface area contributed by atoms with Gasteiger partial charge in [-0.3, -0.25) is 9.48 Å². The molecule has 1 heterocycles. The van der Waals surface area contributed by atoms with Crippen LogP contribution < -0.4 is 0 Å². The highest BCUT2D eigenvalue weighted by Crippen LogP contribution is 2.22. The number of nitrogens with zero attached hydrogens (tertiary/aromatic N) is 2. The summed E-state index contributed by atoms with van der Waals surface area (Å²) >= 11 is 3.37. The van der Waals surface area contributed by atoms with Crippen LogP contribution in [0.1, 0.15) is 50.1 Å². The van der Waals surface area contributed by atoms with Crippen molar-refractivity contribution < 1.29 is 9.53 Å². The molecule has 0 bridgehead atoms. The van der Waals surface area contributed by atoms with Crippen molar-refractivity contribution in [2.75, 3.05) is 7.11 Å². The summed E-state index contributed by atoms with van der Waals surface area (Å²) in [5, 5.41) is 4.21. The van der Waals surface area contributed by atoms with E-state index in [9.17, 15) is 4.79 Å². The van der Waals surface area contributed by atoms with Crippen molar-refractivity contribution in [1.82, 2.24) is 9.78 Å². The van der Waals surface area contributed by atoms with E-state index in [0.29, 0.717) is 5.69 Å². The fourth-order valence-corrected chi connectivity index (χ4v) is 2.20. The van der Waals surface area contributed by atoms with E-state index in [-0.39, 0.29) is 17.9 Å². The molecule has 0 N–H and O–H groups in total. The number of rotatable bonds is 6. The maximum absolute atomic E-state index is 12.4. The van der Waals surface area contributed by atoms with Crippen LogP contribution in [0.25, 0.3) is 0 Å². The van der Waals surface area contributed by atoms with Crippen LogP contribution in [-0.2, 0) is 4.74 Å². The van der Waals surface area contributed by atoms with Crippen molar-refractivity contribution in [3.63, 3.8) is 0 Å². The Morgan fingerprint density at radius 3 is 2.71 bits per heavy atom. The number of hydrogen-bond acceptors (Lipinski definition) is 3. The van der Waals surface area contributed by atoms with Crippen LogP contribution in [0.3, 0.4) is 0 Å². The Kier molecular flexibility index (Phi) is 5.33. The minimum atomic E-state index is -0.384. The van der Waals surface area contributed by atoms with Crippen LogP contribution in [0.2, 0.25) is 0 Å². The van der Waals surface area contributed by atoms with E-state index in [2.05, 4.69) is 21.0 Å². The first kappa shape index (κ1) is 14.4. The summed E-state index contributed by atoms with van der Waals surface area (Å²) in [7, 11) is 1.57. The standard InChI is InChI=1S/C12H19BrN2O2/c1-5-6-10(17-4)12(16)11-9(13)7-14-15(11)8(2)3/h7-8,10H,5-6H2,1-4H3. The molecule has 0 aromatic carbocycles. The molecule has 0 spiro atoms. The maximum Gasteiger partial charge on any atom is 0.210 e. The molecule has 0 saturated heterocycles. The second kappa shape index (κ2) is 6.31. The first-order valence-corrected chi connectivity index (χ1v) is 6.62. The average molecular weight is 303 g/mol. The van der Waals surface area contributed by atoms with E-state index < -0.39 is 0 Å². The van der Waals surface area contributed by atoms with Gasteiger partial charge < -0.3 is 4.74 Å². The number of methoxy groups -OCH3 is 1. The van der Waals surface area contributed by atoms with Gasteiger partial charge in [-0.2, -0.15) is 5.10 Å². The number of carbonyl (C=O) groups is 1. The molecular formula is C12H19BrN2O2.